The van der Waals surface area contributed by atoms with Gasteiger partial charge in [-0.25, -0.2) is 5.21 Å². The van der Waals surface area contributed by atoms with Gasteiger partial charge in [0.05, 0.1) is 0 Å². The van der Waals surface area contributed by atoms with Gasteiger partial charge in [-0.15, -0.1) is 5.10 Å². The average Bonchev–Trinajstić information content (AvgIpc) is 1.23. The first kappa shape index (κ1) is 4.43. The minimum Gasteiger partial charge on any atom is -0.270 e. The number of aromatic amines is 2. The zero-order valence-electron chi connectivity index (χ0n) is 4.52. The summed E-state index contributed by atoms with van der Waals surface area (Å²) >= 11 is 0. The molecule has 0 spiro atoms. The van der Waals surface area contributed by atoms with Crippen LogP contribution in [-0.4, -0.2) is 15.4 Å². The van der Waals surface area contributed by atoms with Crippen LogP contribution in [0, 0.1) is 0 Å². The number of aromatic nitrogens is 3. The van der Waals surface area contributed by atoms with Crippen LogP contribution in [0.4, 0.5) is 0 Å². The van der Waals surface area contributed by atoms with Gasteiger partial charge in [-0.2, -0.15) is 0 Å². The quantitative estimate of drug-likeness (QED) is 0.539. The second-order valence-corrected chi connectivity index (χ2v) is 1.89. The minimum absolute atomic E-state index is 0.529. The highest BCUT2D eigenvalue weighted by Gasteiger charge is 1.99. The molecule has 40 valence electrons. The lowest BCUT2D eigenvalue weighted by Crippen LogP contribution is -2.05. The smallest absolute Gasteiger partial charge is 0.146 e. The second-order valence-electron chi connectivity index (χ2n) is 1.89. The number of hydrogen-bond acceptors (Lipinski definition) is 1. The third-order valence-corrected chi connectivity index (χ3v) is 0.907. The second kappa shape index (κ2) is 1.40. The molecule has 0 aromatic carbocycles. The van der Waals surface area contributed by atoms with Crippen LogP contribution in [0.3, 0.4) is 0 Å². The number of hydrogen-bond donors (Lipinski definition) is 2. The molecule has 1 aromatic heterocycles. The molecule has 0 aliphatic rings. The summed E-state index contributed by atoms with van der Waals surface area (Å²) in [4.78, 5) is 0. The molecule has 0 saturated carbocycles. The molecule has 0 amide bonds. The van der Waals surface area contributed by atoms with Gasteiger partial charge in [0.2, 0.25) is 0 Å². The Balaban J connectivity index is 2.54. The highest BCUT2D eigenvalue weighted by atomic mass is 15.4. The van der Waals surface area contributed by atoms with Gasteiger partial charge in [0.15, 0.2) is 0 Å². The summed E-state index contributed by atoms with van der Waals surface area (Å²) in [6.07, 6.45) is 0. The van der Waals surface area contributed by atoms with E-state index in [2.05, 4.69) is 29.3 Å². The van der Waals surface area contributed by atoms with Crippen molar-refractivity contribution in [1.82, 2.24) is 15.4 Å². The van der Waals surface area contributed by atoms with Gasteiger partial charge in [-0.05, 0) is 0 Å². The van der Waals surface area contributed by atoms with Gasteiger partial charge < -0.3 is 0 Å². The van der Waals surface area contributed by atoms with Crippen molar-refractivity contribution in [2.45, 2.75) is 19.8 Å². The van der Waals surface area contributed by atoms with Gasteiger partial charge in [0.25, 0.3) is 0 Å². The van der Waals surface area contributed by atoms with Crippen LogP contribution in [0.15, 0.2) is 0 Å². The van der Waals surface area contributed by atoms with Crippen molar-refractivity contribution in [2.24, 2.45) is 0 Å². The van der Waals surface area contributed by atoms with Crippen molar-refractivity contribution in [3.05, 3.63) is 5.82 Å². The molecule has 1 aromatic rings. The van der Waals surface area contributed by atoms with E-state index in [-0.39, 0.29) is 0 Å². The molecule has 0 unspecified atom stereocenters. The molecule has 0 aliphatic carbocycles. The highest BCUT2D eigenvalue weighted by Crippen LogP contribution is 2.04. The molecule has 0 radical (unpaired) electrons. The van der Waals surface area contributed by atoms with E-state index in [9.17, 15) is 0 Å². The Morgan fingerprint density at radius 3 is 2.14 bits per heavy atom. The summed E-state index contributed by atoms with van der Waals surface area (Å²) in [7, 11) is 0. The Morgan fingerprint density at radius 1 is 1.57 bits per heavy atom. The zero-order chi connectivity index (χ0) is 5.28. The molecular formula is C4H9N3. The van der Waals surface area contributed by atoms with E-state index in [0.717, 1.165) is 5.82 Å². The normalized spacial score (nSPS) is 10.7. The maximum Gasteiger partial charge on any atom is 0.146 e. The SMILES string of the molecule is CC(C)c1n[nH][nH]1. The molecule has 7 heavy (non-hydrogen) atoms. The maximum atomic E-state index is 3.82. The molecule has 1 rings (SSSR count). The fourth-order valence-corrected chi connectivity index (χ4v) is 0.394. The summed E-state index contributed by atoms with van der Waals surface area (Å²) in [5.41, 5.74) is 0. The highest BCUT2D eigenvalue weighted by molar-refractivity contribution is 4.85. The topological polar surface area (TPSA) is 44.5 Å². The summed E-state index contributed by atoms with van der Waals surface area (Å²) in [6, 6.07) is 0. The van der Waals surface area contributed by atoms with Crippen LogP contribution >= 0.6 is 0 Å². The lowest BCUT2D eigenvalue weighted by atomic mass is 10.2. The molecular weight excluding hydrogens is 90.1 g/mol. The molecule has 0 saturated heterocycles. The standard InChI is InChI=1S/C4H9N3/c1-3(2)4-5-7-6-4/h3,7H,1-2H3,(H,5,6). The van der Waals surface area contributed by atoms with Crippen LogP contribution in [0.1, 0.15) is 25.6 Å². The number of H-pyrrole nitrogens is 2. The van der Waals surface area contributed by atoms with Crippen LogP contribution in [0.2, 0.25) is 0 Å². The number of rotatable bonds is 1. The van der Waals surface area contributed by atoms with Crippen molar-refractivity contribution in [3.63, 3.8) is 0 Å². The zero-order valence-corrected chi connectivity index (χ0v) is 4.52. The van der Waals surface area contributed by atoms with Crippen molar-refractivity contribution in [3.8, 4) is 0 Å². The Morgan fingerprint density at radius 2 is 2.14 bits per heavy atom. The third kappa shape index (κ3) is 0.656. The molecule has 0 fully saturated rings. The van der Waals surface area contributed by atoms with E-state index in [1.165, 1.54) is 0 Å². The summed E-state index contributed by atoms with van der Waals surface area (Å²) in [6.45, 7) is 4.18. The Kier molecular flexibility index (Phi) is 0.889. The van der Waals surface area contributed by atoms with E-state index < -0.39 is 0 Å². The first-order chi connectivity index (χ1) is 3.30. The predicted octanol–water partition coefficient (Wildman–Crippen LogP) is 0.861. The number of nitrogens with one attached hydrogen (secondary N) is 2. The molecule has 0 bridgehead atoms. The first-order valence-corrected chi connectivity index (χ1v) is 2.39. The van der Waals surface area contributed by atoms with E-state index in [1.54, 1.807) is 0 Å². The Hall–Kier alpha value is -0.730. The van der Waals surface area contributed by atoms with E-state index in [0.29, 0.717) is 5.92 Å². The lowest BCUT2D eigenvalue weighted by Gasteiger charge is -2.03. The van der Waals surface area contributed by atoms with Crippen LogP contribution in [0.25, 0.3) is 0 Å². The van der Waals surface area contributed by atoms with Gasteiger partial charge in [-0.1, -0.05) is 13.8 Å². The van der Waals surface area contributed by atoms with Gasteiger partial charge >= 0.3 is 0 Å². The van der Waals surface area contributed by atoms with Crippen molar-refractivity contribution < 1.29 is 0 Å². The average molecular weight is 99.1 g/mol. The maximum absolute atomic E-state index is 3.82. The summed E-state index contributed by atoms with van der Waals surface area (Å²) in [5, 5.41) is 9.25. The fraction of sp³-hybridized carbons (Fsp3) is 0.750. The van der Waals surface area contributed by atoms with Crippen molar-refractivity contribution in [1.29, 1.82) is 0 Å². The summed E-state index contributed by atoms with van der Waals surface area (Å²) in [5.74, 6) is 1.57. The van der Waals surface area contributed by atoms with Crippen LogP contribution in [0.5, 0.6) is 0 Å². The molecule has 0 aliphatic heterocycles. The van der Waals surface area contributed by atoms with Gasteiger partial charge in [-0.3, -0.25) is 5.10 Å². The van der Waals surface area contributed by atoms with Crippen molar-refractivity contribution in [2.75, 3.05) is 0 Å². The van der Waals surface area contributed by atoms with Crippen LogP contribution in [-0.2, 0) is 0 Å². The predicted molar refractivity (Wildman–Crippen MR) is 27.0 cm³/mol. The molecule has 3 nitrogen and oxygen atoms in total. The van der Waals surface area contributed by atoms with Crippen molar-refractivity contribution >= 4 is 0 Å². The molecule has 0 atom stereocenters. The summed E-state index contributed by atoms with van der Waals surface area (Å²) < 4.78 is 0. The third-order valence-electron chi connectivity index (χ3n) is 0.907. The molecule has 2 N–H and O–H groups in total. The van der Waals surface area contributed by atoms with E-state index in [1.807, 2.05) is 0 Å². The molecule has 1 heterocycles. The van der Waals surface area contributed by atoms with Crippen LogP contribution < -0.4 is 0 Å². The Labute approximate surface area is 42.1 Å². The minimum atomic E-state index is 0.529. The lowest BCUT2D eigenvalue weighted by molar-refractivity contribution is 0.617. The van der Waals surface area contributed by atoms with E-state index in [4.69, 9.17) is 0 Å². The first-order valence-electron chi connectivity index (χ1n) is 2.39. The fourth-order valence-electron chi connectivity index (χ4n) is 0.394. The largest absolute Gasteiger partial charge is 0.270 e. The van der Waals surface area contributed by atoms with Gasteiger partial charge in [0.1, 0.15) is 5.82 Å². The Bertz CT molecular complexity index is 119. The van der Waals surface area contributed by atoms with E-state index >= 15 is 0 Å². The number of nitrogens with zero attached hydrogens (tertiary/aromatic N) is 1. The molecule has 3 heteroatoms. The van der Waals surface area contributed by atoms with Gasteiger partial charge in [0, 0.05) is 5.92 Å². The monoisotopic (exact) mass is 99.1 g/mol.